The molecule has 1 aliphatic heterocycles. The molecule has 1 aliphatic rings. The second-order valence-corrected chi connectivity index (χ2v) is 6.11. The van der Waals surface area contributed by atoms with E-state index in [0.717, 1.165) is 30.1 Å². The molecule has 2 N–H and O–H groups in total. The maximum absolute atomic E-state index is 13.2. The third-order valence-electron chi connectivity index (χ3n) is 4.48. The number of hydrogen-bond donors (Lipinski definition) is 1. The van der Waals surface area contributed by atoms with Crippen LogP contribution in [-0.2, 0) is 13.1 Å². The highest BCUT2D eigenvalue weighted by molar-refractivity contribution is 5.28. The van der Waals surface area contributed by atoms with E-state index in [1.165, 1.54) is 12.5 Å². The Hall–Kier alpha value is -0.930. The van der Waals surface area contributed by atoms with Crippen LogP contribution in [0.2, 0.25) is 0 Å². The number of benzene rings is 1. The van der Waals surface area contributed by atoms with Crippen LogP contribution in [0.5, 0.6) is 0 Å². The third-order valence-corrected chi connectivity index (χ3v) is 4.48. The average molecular weight is 264 g/mol. The predicted molar refractivity (Wildman–Crippen MR) is 77.1 cm³/mol. The predicted octanol–water partition coefficient (Wildman–Crippen LogP) is 3.15. The lowest BCUT2D eigenvalue weighted by molar-refractivity contribution is 0.0727. The lowest BCUT2D eigenvalue weighted by atomic mass is 9.85. The molecule has 2 rings (SSSR count). The molecule has 0 aromatic heterocycles. The van der Waals surface area contributed by atoms with E-state index in [-0.39, 0.29) is 5.82 Å². The van der Waals surface area contributed by atoms with Crippen LogP contribution in [0.3, 0.4) is 0 Å². The number of likely N-dealkylation sites (tertiary alicyclic amines) is 1. The first-order valence-electron chi connectivity index (χ1n) is 7.22. The molecule has 0 radical (unpaired) electrons. The molecule has 3 unspecified atom stereocenters. The van der Waals surface area contributed by atoms with Crippen molar-refractivity contribution in [3.8, 4) is 0 Å². The van der Waals surface area contributed by atoms with Gasteiger partial charge in [0.2, 0.25) is 0 Å². The fourth-order valence-corrected chi connectivity index (χ4v) is 3.20. The van der Waals surface area contributed by atoms with E-state index in [0.29, 0.717) is 18.5 Å². The van der Waals surface area contributed by atoms with Gasteiger partial charge in [-0.3, -0.25) is 4.90 Å². The maximum atomic E-state index is 13.2. The van der Waals surface area contributed by atoms with E-state index in [4.69, 9.17) is 5.73 Å². The number of rotatable bonds is 3. The Labute approximate surface area is 115 Å². The maximum Gasteiger partial charge on any atom is 0.123 e. The zero-order valence-electron chi connectivity index (χ0n) is 12.2. The molecule has 0 saturated carbocycles. The Kier molecular flexibility index (Phi) is 4.58. The van der Waals surface area contributed by atoms with Crippen LogP contribution in [0.25, 0.3) is 0 Å². The summed E-state index contributed by atoms with van der Waals surface area (Å²) in [5, 5.41) is 0. The van der Waals surface area contributed by atoms with E-state index in [2.05, 4.69) is 25.7 Å². The molecular weight excluding hydrogens is 239 g/mol. The SMILES string of the molecule is CC1CC(C)C(C)N(Cc2ccc(F)cc2CN)C1. The van der Waals surface area contributed by atoms with Gasteiger partial charge in [0.15, 0.2) is 0 Å². The van der Waals surface area contributed by atoms with Gasteiger partial charge in [0, 0.05) is 25.7 Å². The van der Waals surface area contributed by atoms with Crippen LogP contribution >= 0.6 is 0 Å². The largest absolute Gasteiger partial charge is 0.326 e. The van der Waals surface area contributed by atoms with Crippen LogP contribution in [0.4, 0.5) is 4.39 Å². The van der Waals surface area contributed by atoms with Gasteiger partial charge in [-0.15, -0.1) is 0 Å². The van der Waals surface area contributed by atoms with Crippen molar-refractivity contribution in [2.45, 2.75) is 46.3 Å². The van der Waals surface area contributed by atoms with E-state index in [9.17, 15) is 4.39 Å². The van der Waals surface area contributed by atoms with Crippen LogP contribution in [0, 0.1) is 17.7 Å². The molecule has 1 heterocycles. The molecule has 1 saturated heterocycles. The Balaban J connectivity index is 2.15. The van der Waals surface area contributed by atoms with Crippen LogP contribution in [0.1, 0.15) is 38.3 Å². The second kappa shape index (κ2) is 6.02. The van der Waals surface area contributed by atoms with Gasteiger partial charge in [-0.1, -0.05) is 19.9 Å². The molecule has 0 spiro atoms. The van der Waals surface area contributed by atoms with Crippen LogP contribution in [0.15, 0.2) is 18.2 Å². The minimum absolute atomic E-state index is 0.197. The molecule has 0 amide bonds. The van der Waals surface area contributed by atoms with Crippen molar-refractivity contribution in [1.29, 1.82) is 0 Å². The fraction of sp³-hybridized carbons (Fsp3) is 0.625. The zero-order chi connectivity index (χ0) is 14.0. The smallest absolute Gasteiger partial charge is 0.123 e. The molecule has 19 heavy (non-hydrogen) atoms. The zero-order valence-corrected chi connectivity index (χ0v) is 12.2. The lowest BCUT2D eigenvalue weighted by Crippen LogP contribution is -2.45. The van der Waals surface area contributed by atoms with E-state index in [1.54, 1.807) is 6.07 Å². The van der Waals surface area contributed by atoms with E-state index < -0.39 is 0 Å². The summed E-state index contributed by atoms with van der Waals surface area (Å²) in [5.41, 5.74) is 7.82. The minimum atomic E-state index is -0.197. The topological polar surface area (TPSA) is 29.3 Å². The summed E-state index contributed by atoms with van der Waals surface area (Å²) in [7, 11) is 0. The van der Waals surface area contributed by atoms with Crippen molar-refractivity contribution < 1.29 is 4.39 Å². The van der Waals surface area contributed by atoms with Crippen molar-refractivity contribution >= 4 is 0 Å². The van der Waals surface area contributed by atoms with Crippen LogP contribution < -0.4 is 5.73 Å². The van der Waals surface area contributed by atoms with Gasteiger partial charge in [-0.25, -0.2) is 4.39 Å². The molecule has 1 fully saturated rings. The second-order valence-electron chi connectivity index (χ2n) is 6.11. The number of hydrogen-bond acceptors (Lipinski definition) is 2. The number of nitrogens with two attached hydrogens (primary N) is 1. The highest BCUT2D eigenvalue weighted by Crippen LogP contribution is 2.28. The normalized spacial score (nSPS) is 28.6. The first kappa shape index (κ1) is 14.5. The molecular formula is C16H25FN2. The first-order chi connectivity index (χ1) is 9.01. The summed E-state index contributed by atoms with van der Waals surface area (Å²) in [6.07, 6.45) is 1.30. The number of piperidine rings is 1. The summed E-state index contributed by atoms with van der Waals surface area (Å²) < 4.78 is 13.2. The highest BCUT2D eigenvalue weighted by Gasteiger charge is 2.28. The molecule has 106 valence electrons. The summed E-state index contributed by atoms with van der Waals surface area (Å²) >= 11 is 0. The van der Waals surface area contributed by atoms with Gasteiger partial charge in [-0.05, 0) is 48.4 Å². The quantitative estimate of drug-likeness (QED) is 0.908. The average Bonchev–Trinajstić information content (AvgIpc) is 2.37. The minimum Gasteiger partial charge on any atom is -0.326 e. The van der Waals surface area contributed by atoms with Gasteiger partial charge >= 0.3 is 0 Å². The van der Waals surface area contributed by atoms with Gasteiger partial charge < -0.3 is 5.73 Å². The Morgan fingerprint density at radius 2 is 2.00 bits per heavy atom. The number of nitrogens with zero attached hydrogens (tertiary/aromatic N) is 1. The van der Waals surface area contributed by atoms with Gasteiger partial charge in [-0.2, -0.15) is 0 Å². The summed E-state index contributed by atoms with van der Waals surface area (Å²) in [6.45, 7) is 9.32. The Morgan fingerprint density at radius 3 is 2.68 bits per heavy atom. The molecule has 0 aliphatic carbocycles. The standard InChI is InChI=1S/C16H25FN2/c1-11-6-12(2)13(3)19(9-11)10-14-4-5-16(17)7-15(14)8-18/h4-5,7,11-13H,6,8-10,18H2,1-3H3. The molecule has 3 heteroatoms. The van der Waals surface area contributed by atoms with Crippen molar-refractivity contribution in [3.05, 3.63) is 35.1 Å². The third kappa shape index (κ3) is 3.34. The summed E-state index contributed by atoms with van der Waals surface area (Å²) in [5.74, 6) is 1.25. The van der Waals surface area contributed by atoms with Crippen molar-refractivity contribution in [1.82, 2.24) is 4.90 Å². The van der Waals surface area contributed by atoms with Gasteiger partial charge in [0.25, 0.3) is 0 Å². The first-order valence-corrected chi connectivity index (χ1v) is 7.22. The molecule has 1 aromatic rings. The summed E-state index contributed by atoms with van der Waals surface area (Å²) in [6, 6.07) is 5.56. The van der Waals surface area contributed by atoms with Gasteiger partial charge in [0.05, 0.1) is 0 Å². The van der Waals surface area contributed by atoms with Gasteiger partial charge in [0.1, 0.15) is 5.82 Å². The van der Waals surface area contributed by atoms with E-state index >= 15 is 0 Å². The number of halogens is 1. The Morgan fingerprint density at radius 1 is 1.26 bits per heavy atom. The molecule has 0 bridgehead atoms. The monoisotopic (exact) mass is 264 g/mol. The van der Waals surface area contributed by atoms with Crippen molar-refractivity contribution in [2.75, 3.05) is 6.54 Å². The van der Waals surface area contributed by atoms with E-state index in [1.807, 2.05) is 6.07 Å². The lowest BCUT2D eigenvalue weighted by Gasteiger charge is -2.41. The Bertz CT molecular complexity index is 433. The fourth-order valence-electron chi connectivity index (χ4n) is 3.20. The highest BCUT2D eigenvalue weighted by atomic mass is 19.1. The molecule has 1 aromatic carbocycles. The van der Waals surface area contributed by atoms with Crippen molar-refractivity contribution in [3.63, 3.8) is 0 Å². The molecule has 2 nitrogen and oxygen atoms in total. The van der Waals surface area contributed by atoms with Crippen LogP contribution in [-0.4, -0.2) is 17.5 Å². The van der Waals surface area contributed by atoms with Crippen molar-refractivity contribution in [2.24, 2.45) is 17.6 Å². The summed E-state index contributed by atoms with van der Waals surface area (Å²) in [4.78, 5) is 2.51. The molecule has 3 atom stereocenters.